The van der Waals surface area contributed by atoms with Crippen molar-refractivity contribution >= 4 is 5.97 Å². The lowest BCUT2D eigenvalue weighted by atomic mass is 9.80. The van der Waals surface area contributed by atoms with Crippen molar-refractivity contribution in [3.05, 3.63) is 48.0 Å². The van der Waals surface area contributed by atoms with Crippen LogP contribution < -0.4 is 5.73 Å². The largest absolute Gasteiger partial charge is 0.478 e. The molecule has 20 heavy (non-hydrogen) atoms. The van der Waals surface area contributed by atoms with Crippen molar-refractivity contribution in [3.8, 4) is 0 Å². The Labute approximate surface area is 120 Å². The summed E-state index contributed by atoms with van der Waals surface area (Å²) in [6.07, 6.45) is 0.678. The van der Waals surface area contributed by atoms with Crippen LogP contribution >= 0.6 is 0 Å². The van der Waals surface area contributed by atoms with Gasteiger partial charge in [0.25, 0.3) is 0 Å². The van der Waals surface area contributed by atoms with Crippen LogP contribution in [0.1, 0.15) is 33.3 Å². The predicted octanol–water partition coefficient (Wildman–Crippen LogP) is 2.36. The molecule has 0 aliphatic heterocycles. The number of hydrogen-bond acceptors (Lipinski definition) is 3. The lowest BCUT2D eigenvalue weighted by molar-refractivity contribution is -0.132. The third-order valence-electron chi connectivity index (χ3n) is 3.18. The molecule has 0 amide bonds. The van der Waals surface area contributed by atoms with E-state index in [4.69, 9.17) is 10.8 Å². The van der Waals surface area contributed by atoms with Gasteiger partial charge in [-0.15, -0.1) is 0 Å². The van der Waals surface area contributed by atoms with Crippen LogP contribution in [0.5, 0.6) is 0 Å². The number of carboxylic acid groups (broad SMARTS) is 1. The number of carbonyl (C=O) groups is 1. The van der Waals surface area contributed by atoms with Crippen molar-refractivity contribution in [2.75, 3.05) is 0 Å². The molecule has 0 aliphatic rings. The van der Waals surface area contributed by atoms with Gasteiger partial charge in [0, 0.05) is 11.1 Å². The second-order valence-electron chi connectivity index (χ2n) is 5.72. The van der Waals surface area contributed by atoms with Crippen molar-refractivity contribution in [2.45, 2.75) is 45.3 Å². The Kier molecular flexibility index (Phi) is 6.62. The van der Waals surface area contributed by atoms with E-state index in [0.717, 1.165) is 5.56 Å². The van der Waals surface area contributed by atoms with Gasteiger partial charge >= 0.3 is 5.97 Å². The summed E-state index contributed by atoms with van der Waals surface area (Å²) in [5.41, 5.74) is 5.93. The van der Waals surface area contributed by atoms with Gasteiger partial charge in [0.2, 0.25) is 0 Å². The summed E-state index contributed by atoms with van der Waals surface area (Å²) in [5.74, 6) is -0.935. The molecular weight excluding hydrogens is 254 g/mol. The first-order valence-corrected chi connectivity index (χ1v) is 6.41. The zero-order chi connectivity index (χ0) is 16.0. The molecule has 0 saturated heterocycles. The molecule has 4 nitrogen and oxygen atoms in total. The number of aliphatic hydroxyl groups is 1. The average Bonchev–Trinajstić information content (AvgIpc) is 2.28. The van der Waals surface area contributed by atoms with E-state index in [2.05, 4.69) is 6.58 Å². The van der Waals surface area contributed by atoms with E-state index >= 15 is 0 Å². The number of hydrogen-bond donors (Lipinski definition) is 3. The third kappa shape index (κ3) is 6.50. The van der Waals surface area contributed by atoms with E-state index in [-0.39, 0.29) is 5.57 Å². The van der Waals surface area contributed by atoms with Crippen molar-refractivity contribution in [1.82, 2.24) is 0 Å². The lowest BCUT2D eigenvalue weighted by Gasteiger charge is -2.37. The van der Waals surface area contributed by atoms with E-state index in [1.54, 1.807) is 13.8 Å². The first-order chi connectivity index (χ1) is 8.97. The molecule has 1 aromatic rings. The van der Waals surface area contributed by atoms with Crippen LogP contribution in [-0.4, -0.2) is 27.3 Å². The van der Waals surface area contributed by atoms with Crippen LogP contribution in [0.2, 0.25) is 0 Å². The summed E-state index contributed by atoms with van der Waals surface area (Å²) < 4.78 is 0. The number of aliphatic carboxylic acids is 1. The maximum atomic E-state index is 9.88. The Balaban J connectivity index is 0.000000511. The molecule has 1 atom stereocenters. The molecule has 0 aromatic heterocycles. The second-order valence-corrected chi connectivity index (χ2v) is 5.72. The summed E-state index contributed by atoms with van der Waals surface area (Å²) in [6, 6.07) is 9.99. The SMILES string of the molecule is C=C(C)C(=O)O.CC(C)(O)C(C)(N)Cc1ccccc1. The summed E-state index contributed by atoms with van der Waals surface area (Å²) >= 11 is 0. The van der Waals surface area contributed by atoms with Gasteiger partial charge in [0.1, 0.15) is 0 Å². The zero-order valence-electron chi connectivity index (χ0n) is 12.7. The Morgan fingerprint density at radius 1 is 1.25 bits per heavy atom. The molecule has 4 heteroatoms. The lowest BCUT2D eigenvalue weighted by Crippen LogP contribution is -2.56. The monoisotopic (exact) mass is 279 g/mol. The summed E-state index contributed by atoms with van der Waals surface area (Å²) in [7, 11) is 0. The maximum absolute atomic E-state index is 9.88. The minimum atomic E-state index is -0.935. The molecule has 0 aliphatic carbocycles. The van der Waals surface area contributed by atoms with Gasteiger partial charge < -0.3 is 15.9 Å². The van der Waals surface area contributed by atoms with E-state index in [0.29, 0.717) is 6.42 Å². The van der Waals surface area contributed by atoms with E-state index in [9.17, 15) is 9.90 Å². The van der Waals surface area contributed by atoms with Crippen LogP contribution in [0.15, 0.2) is 42.5 Å². The van der Waals surface area contributed by atoms with Crippen molar-refractivity contribution in [2.24, 2.45) is 5.73 Å². The quantitative estimate of drug-likeness (QED) is 0.739. The molecule has 0 radical (unpaired) electrons. The Morgan fingerprint density at radius 3 is 1.95 bits per heavy atom. The first kappa shape index (κ1) is 18.4. The van der Waals surface area contributed by atoms with E-state index < -0.39 is 17.1 Å². The van der Waals surface area contributed by atoms with Gasteiger partial charge in [-0.2, -0.15) is 0 Å². The molecule has 1 aromatic carbocycles. The third-order valence-corrected chi connectivity index (χ3v) is 3.18. The van der Waals surface area contributed by atoms with Crippen LogP contribution in [0.3, 0.4) is 0 Å². The van der Waals surface area contributed by atoms with Crippen LogP contribution in [0.4, 0.5) is 0 Å². The van der Waals surface area contributed by atoms with Gasteiger partial charge in [-0.05, 0) is 39.7 Å². The van der Waals surface area contributed by atoms with Crippen LogP contribution in [0.25, 0.3) is 0 Å². The highest BCUT2D eigenvalue weighted by molar-refractivity contribution is 5.84. The summed E-state index contributed by atoms with van der Waals surface area (Å²) in [6.45, 7) is 9.97. The van der Waals surface area contributed by atoms with Crippen molar-refractivity contribution in [3.63, 3.8) is 0 Å². The highest BCUT2D eigenvalue weighted by Gasteiger charge is 2.35. The second kappa shape index (κ2) is 7.22. The minimum absolute atomic E-state index is 0.176. The molecule has 0 heterocycles. The van der Waals surface area contributed by atoms with Gasteiger partial charge in [0.15, 0.2) is 0 Å². The van der Waals surface area contributed by atoms with Gasteiger partial charge in [-0.25, -0.2) is 4.79 Å². The standard InChI is InChI=1S/C12H19NO.C4H6O2/c1-11(2,14)12(3,13)9-10-7-5-4-6-8-10;1-3(2)4(5)6/h4-8,14H,9,13H2,1-3H3;1H2,2H3,(H,5,6). The van der Waals surface area contributed by atoms with Crippen molar-refractivity contribution < 1.29 is 15.0 Å². The Morgan fingerprint density at radius 2 is 1.65 bits per heavy atom. The topological polar surface area (TPSA) is 83.5 Å². The number of benzene rings is 1. The Hall–Kier alpha value is -1.65. The zero-order valence-corrected chi connectivity index (χ0v) is 12.7. The van der Waals surface area contributed by atoms with Crippen LogP contribution in [-0.2, 0) is 11.2 Å². The highest BCUT2D eigenvalue weighted by atomic mass is 16.4. The number of carboxylic acids is 1. The normalized spacial score (nSPS) is 13.7. The molecule has 0 bridgehead atoms. The van der Waals surface area contributed by atoms with Gasteiger partial charge in [-0.3, -0.25) is 0 Å². The van der Waals surface area contributed by atoms with E-state index in [1.165, 1.54) is 6.92 Å². The van der Waals surface area contributed by atoms with E-state index in [1.807, 2.05) is 37.3 Å². The maximum Gasteiger partial charge on any atom is 0.330 e. The fourth-order valence-corrected chi connectivity index (χ4v) is 1.24. The molecule has 0 spiro atoms. The molecule has 0 saturated carbocycles. The molecule has 0 fully saturated rings. The molecule has 4 N–H and O–H groups in total. The predicted molar refractivity (Wildman–Crippen MR) is 81.5 cm³/mol. The number of rotatable bonds is 4. The molecule has 1 rings (SSSR count). The fourth-order valence-electron chi connectivity index (χ4n) is 1.24. The average molecular weight is 279 g/mol. The first-order valence-electron chi connectivity index (χ1n) is 6.41. The summed E-state index contributed by atoms with van der Waals surface area (Å²) in [5, 5.41) is 17.8. The number of nitrogens with two attached hydrogens (primary N) is 1. The fraction of sp³-hybridized carbons (Fsp3) is 0.438. The van der Waals surface area contributed by atoms with Crippen molar-refractivity contribution in [1.29, 1.82) is 0 Å². The Bertz CT molecular complexity index is 433. The molecule has 112 valence electrons. The van der Waals surface area contributed by atoms with Crippen LogP contribution in [0, 0.1) is 0 Å². The minimum Gasteiger partial charge on any atom is -0.478 e. The summed E-state index contributed by atoms with van der Waals surface area (Å²) in [4.78, 5) is 9.60. The molecular formula is C16H25NO3. The highest BCUT2D eigenvalue weighted by Crippen LogP contribution is 2.22. The molecule has 1 unspecified atom stereocenters. The van der Waals surface area contributed by atoms with Gasteiger partial charge in [0.05, 0.1) is 5.60 Å². The smallest absolute Gasteiger partial charge is 0.330 e. The van der Waals surface area contributed by atoms with Gasteiger partial charge in [-0.1, -0.05) is 36.9 Å².